The second-order valence-electron chi connectivity index (χ2n) is 8.54. The van der Waals surface area contributed by atoms with Crippen molar-refractivity contribution in [1.29, 1.82) is 0 Å². The Morgan fingerprint density at radius 1 is 0.833 bits per heavy atom. The van der Waals surface area contributed by atoms with Crippen molar-refractivity contribution in [2.75, 3.05) is 6.79 Å². The van der Waals surface area contributed by atoms with Gasteiger partial charge in [0.2, 0.25) is 6.79 Å². The van der Waals surface area contributed by atoms with Crippen LogP contribution in [-0.2, 0) is 25.8 Å². The SMILES string of the molecule is O=C(c1ccc2c(c1)OCO2)N(Cc1ccccc1)Cc1cccn1Cc1cccc(C(F)(F)F)c1. The van der Waals surface area contributed by atoms with Crippen LogP contribution in [-0.4, -0.2) is 22.2 Å². The van der Waals surface area contributed by atoms with Crippen molar-refractivity contribution in [3.05, 3.63) is 119 Å². The number of ether oxygens (including phenoxy) is 2. The van der Waals surface area contributed by atoms with E-state index in [2.05, 4.69) is 0 Å². The van der Waals surface area contributed by atoms with E-state index >= 15 is 0 Å². The lowest BCUT2D eigenvalue weighted by atomic mass is 10.1. The molecule has 0 N–H and O–H groups in total. The summed E-state index contributed by atoms with van der Waals surface area (Å²) in [4.78, 5) is 15.3. The summed E-state index contributed by atoms with van der Waals surface area (Å²) in [6.07, 6.45) is -2.60. The quantitative estimate of drug-likeness (QED) is 0.312. The van der Waals surface area contributed by atoms with Gasteiger partial charge in [-0.1, -0.05) is 42.5 Å². The van der Waals surface area contributed by atoms with Gasteiger partial charge in [0.25, 0.3) is 5.91 Å². The Labute approximate surface area is 206 Å². The van der Waals surface area contributed by atoms with Crippen molar-refractivity contribution in [2.24, 2.45) is 0 Å². The van der Waals surface area contributed by atoms with Gasteiger partial charge in [0.15, 0.2) is 11.5 Å². The number of amides is 1. The summed E-state index contributed by atoms with van der Waals surface area (Å²) in [5, 5.41) is 0. The number of fused-ring (bicyclic) bond motifs is 1. The smallest absolute Gasteiger partial charge is 0.416 e. The Bertz CT molecular complexity index is 1370. The maximum atomic E-state index is 13.6. The summed E-state index contributed by atoms with van der Waals surface area (Å²) in [5.41, 5.74) is 2.07. The highest BCUT2D eigenvalue weighted by Crippen LogP contribution is 2.33. The molecule has 0 aliphatic carbocycles. The topological polar surface area (TPSA) is 43.7 Å². The fourth-order valence-corrected chi connectivity index (χ4v) is 4.20. The van der Waals surface area contributed by atoms with Gasteiger partial charge in [-0.3, -0.25) is 4.79 Å². The number of hydrogen-bond donors (Lipinski definition) is 0. The Hall–Kier alpha value is -4.20. The minimum Gasteiger partial charge on any atom is -0.454 e. The molecule has 5 nitrogen and oxygen atoms in total. The van der Waals surface area contributed by atoms with Crippen molar-refractivity contribution in [2.45, 2.75) is 25.8 Å². The van der Waals surface area contributed by atoms with Crippen LogP contribution in [0.25, 0.3) is 0 Å². The molecule has 5 rings (SSSR count). The van der Waals surface area contributed by atoms with E-state index in [1.165, 1.54) is 6.07 Å². The first-order chi connectivity index (χ1) is 17.4. The predicted molar refractivity (Wildman–Crippen MR) is 128 cm³/mol. The van der Waals surface area contributed by atoms with E-state index in [4.69, 9.17) is 9.47 Å². The van der Waals surface area contributed by atoms with Crippen LogP contribution in [0.1, 0.15) is 32.7 Å². The molecule has 0 spiro atoms. The Morgan fingerprint density at radius 2 is 1.61 bits per heavy atom. The molecule has 1 aromatic heterocycles. The van der Waals surface area contributed by atoms with Gasteiger partial charge < -0.3 is 18.9 Å². The minimum absolute atomic E-state index is 0.115. The molecule has 1 amide bonds. The first kappa shape index (κ1) is 23.5. The zero-order valence-electron chi connectivity index (χ0n) is 19.2. The molecule has 0 atom stereocenters. The van der Waals surface area contributed by atoms with Gasteiger partial charge in [-0.15, -0.1) is 0 Å². The van der Waals surface area contributed by atoms with Gasteiger partial charge >= 0.3 is 6.18 Å². The van der Waals surface area contributed by atoms with Crippen molar-refractivity contribution >= 4 is 5.91 Å². The second-order valence-corrected chi connectivity index (χ2v) is 8.54. The normalized spacial score (nSPS) is 12.5. The van der Waals surface area contributed by atoms with Crippen LogP contribution in [0.3, 0.4) is 0 Å². The van der Waals surface area contributed by atoms with Crippen LogP contribution in [0.4, 0.5) is 13.2 Å². The average Bonchev–Trinajstić information content (AvgIpc) is 3.52. The van der Waals surface area contributed by atoms with Crippen LogP contribution >= 0.6 is 0 Å². The van der Waals surface area contributed by atoms with Gasteiger partial charge in [0.1, 0.15) is 0 Å². The van der Waals surface area contributed by atoms with Gasteiger partial charge in [0.05, 0.1) is 12.1 Å². The number of rotatable bonds is 7. The van der Waals surface area contributed by atoms with E-state index < -0.39 is 11.7 Å². The van der Waals surface area contributed by atoms with Crippen LogP contribution in [0.5, 0.6) is 11.5 Å². The lowest BCUT2D eigenvalue weighted by Gasteiger charge is -2.24. The molecule has 1 aliphatic heterocycles. The second kappa shape index (κ2) is 9.81. The number of benzene rings is 3. The lowest BCUT2D eigenvalue weighted by Crippen LogP contribution is -2.31. The number of nitrogens with zero attached hydrogens (tertiary/aromatic N) is 2. The first-order valence-corrected chi connectivity index (χ1v) is 11.4. The van der Waals surface area contributed by atoms with Crippen molar-refractivity contribution < 1.29 is 27.4 Å². The van der Waals surface area contributed by atoms with Gasteiger partial charge in [-0.05, 0) is 53.6 Å². The summed E-state index contributed by atoms with van der Waals surface area (Å²) >= 11 is 0. The molecule has 0 radical (unpaired) electrons. The van der Waals surface area contributed by atoms with E-state index in [1.807, 2.05) is 47.0 Å². The molecular formula is C28H23F3N2O3. The maximum Gasteiger partial charge on any atom is 0.416 e. The number of alkyl halides is 3. The molecule has 36 heavy (non-hydrogen) atoms. The molecule has 4 aromatic rings. The molecule has 2 heterocycles. The molecule has 0 saturated carbocycles. The summed E-state index contributed by atoms with van der Waals surface area (Å²) in [7, 11) is 0. The van der Waals surface area contributed by atoms with Crippen LogP contribution < -0.4 is 9.47 Å². The monoisotopic (exact) mass is 492 g/mol. The Kier molecular flexibility index (Phi) is 6.41. The number of halogens is 3. The molecule has 0 bridgehead atoms. The first-order valence-electron chi connectivity index (χ1n) is 11.4. The average molecular weight is 492 g/mol. The van der Waals surface area contributed by atoms with Gasteiger partial charge in [0, 0.05) is 30.5 Å². The zero-order chi connectivity index (χ0) is 25.1. The number of carbonyl (C=O) groups excluding carboxylic acids is 1. The fourth-order valence-electron chi connectivity index (χ4n) is 4.20. The number of aromatic nitrogens is 1. The molecule has 1 aliphatic rings. The third kappa shape index (κ3) is 5.22. The van der Waals surface area contributed by atoms with Crippen LogP contribution in [0.15, 0.2) is 91.1 Å². The summed E-state index contributed by atoms with van der Waals surface area (Å²) < 4.78 is 52.2. The highest BCUT2D eigenvalue weighted by molar-refractivity contribution is 5.95. The highest BCUT2D eigenvalue weighted by atomic mass is 19.4. The highest BCUT2D eigenvalue weighted by Gasteiger charge is 2.30. The molecule has 0 fully saturated rings. The molecule has 0 saturated heterocycles. The van der Waals surface area contributed by atoms with Crippen molar-refractivity contribution in [1.82, 2.24) is 9.47 Å². The molecule has 184 valence electrons. The van der Waals surface area contributed by atoms with Crippen LogP contribution in [0, 0.1) is 0 Å². The van der Waals surface area contributed by atoms with E-state index in [0.717, 1.165) is 23.4 Å². The molecular weight excluding hydrogens is 469 g/mol. The minimum atomic E-state index is -4.40. The Balaban J connectivity index is 1.41. The van der Waals surface area contributed by atoms with E-state index in [1.54, 1.807) is 35.4 Å². The zero-order valence-corrected chi connectivity index (χ0v) is 19.2. The Morgan fingerprint density at radius 3 is 2.42 bits per heavy atom. The molecule has 3 aromatic carbocycles. The van der Waals surface area contributed by atoms with Gasteiger partial charge in [-0.2, -0.15) is 13.2 Å². The fraction of sp³-hybridized carbons (Fsp3) is 0.179. The molecule has 8 heteroatoms. The third-order valence-electron chi connectivity index (χ3n) is 6.01. The van der Waals surface area contributed by atoms with Gasteiger partial charge in [-0.25, -0.2) is 0 Å². The third-order valence-corrected chi connectivity index (χ3v) is 6.01. The summed E-state index contributed by atoms with van der Waals surface area (Å²) in [6, 6.07) is 23.7. The van der Waals surface area contributed by atoms with E-state index in [9.17, 15) is 18.0 Å². The summed E-state index contributed by atoms with van der Waals surface area (Å²) in [5.74, 6) is 0.925. The number of carbonyl (C=O) groups is 1. The molecule has 0 unspecified atom stereocenters. The number of hydrogen-bond acceptors (Lipinski definition) is 3. The largest absolute Gasteiger partial charge is 0.454 e. The van der Waals surface area contributed by atoms with Crippen molar-refractivity contribution in [3.63, 3.8) is 0 Å². The lowest BCUT2D eigenvalue weighted by molar-refractivity contribution is -0.137. The predicted octanol–water partition coefficient (Wildman–Crippen LogP) is 6.13. The maximum absolute atomic E-state index is 13.6. The van der Waals surface area contributed by atoms with Crippen molar-refractivity contribution in [3.8, 4) is 11.5 Å². The van der Waals surface area contributed by atoms with Crippen LogP contribution in [0.2, 0.25) is 0 Å². The standard InChI is InChI=1S/C28H23F3N2O3/c29-28(30,31)23-9-4-8-21(14-23)17-32-13-5-10-24(32)18-33(16-20-6-2-1-3-7-20)27(34)22-11-12-25-26(15-22)36-19-35-25/h1-15H,16-19H2. The summed E-state index contributed by atoms with van der Waals surface area (Å²) in [6.45, 7) is 1.00. The van der Waals surface area contributed by atoms with E-state index in [0.29, 0.717) is 29.2 Å². The van der Waals surface area contributed by atoms with E-state index in [-0.39, 0.29) is 25.8 Å².